The fourth-order valence-corrected chi connectivity index (χ4v) is 1.86. The molecule has 1 aliphatic rings. The SMILES string of the molecule is CC1=CC(C)(Br)C1. The van der Waals surface area contributed by atoms with E-state index in [1.165, 1.54) is 12.0 Å². The third-order valence-electron chi connectivity index (χ3n) is 1.17. The van der Waals surface area contributed by atoms with Gasteiger partial charge in [-0.1, -0.05) is 27.6 Å². The van der Waals surface area contributed by atoms with Gasteiger partial charge in [0, 0.05) is 4.32 Å². The van der Waals surface area contributed by atoms with Crippen LogP contribution in [0.5, 0.6) is 0 Å². The first kappa shape index (κ1) is 5.36. The van der Waals surface area contributed by atoms with Gasteiger partial charge in [-0.2, -0.15) is 0 Å². The average molecular weight is 161 g/mol. The van der Waals surface area contributed by atoms with Crippen LogP contribution < -0.4 is 0 Å². The fraction of sp³-hybridized carbons (Fsp3) is 0.667. The molecule has 0 nitrogen and oxygen atoms in total. The maximum atomic E-state index is 3.53. The largest absolute Gasteiger partial charge is 0.0807 e. The Bertz CT molecular complexity index is 111. The summed E-state index contributed by atoms with van der Waals surface area (Å²) in [6.07, 6.45) is 3.46. The predicted molar refractivity (Wildman–Crippen MR) is 35.7 cm³/mol. The number of hydrogen-bond acceptors (Lipinski definition) is 0. The Balaban J connectivity index is 2.60. The number of rotatable bonds is 0. The monoisotopic (exact) mass is 160 g/mol. The van der Waals surface area contributed by atoms with E-state index in [1.54, 1.807) is 0 Å². The van der Waals surface area contributed by atoms with Crippen molar-refractivity contribution in [3.05, 3.63) is 11.6 Å². The standard InChI is InChI=1S/C6H9Br/c1-5-3-6(2,7)4-5/h3H,4H2,1-2H3. The number of hydrogen-bond donors (Lipinski definition) is 0. The van der Waals surface area contributed by atoms with Crippen molar-refractivity contribution in [2.45, 2.75) is 24.6 Å². The summed E-state index contributed by atoms with van der Waals surface area (Å²) in [4.78, 5) is 0. The van der Waals surface area contributed by atoms with E-state index in [-0.39, 0.29) is 0 Å². The lowest BCUT2D eigenvalue weighted by Crippen LogP contribution is -2.21. The van der Waals surface area contributed by atoms with E-state index in [9.17, 15) is 0 Å². The lowest BCUT2D eigenvalue weighted by molar-refractivity contribution is 0.709. The summed E-state index contributed by atoms with van der Waals surface area (Å²) in [5.74, 6) is 0. The Morgan fingerprint density at radius 2 is 2.29 bits per heavy atom. The van der Waals surface area contributed by atoms with E-state index in [1.807, 2.05) is 0 Å². The number of allylic oxidation sites excluding steroid dienone is 2. The first-order chi connectivity index (χ1) is 3.10. The van der Waals surface area contributed by atoms with Crippen molar-refractivity contribution in [3.63, 3.8) is 0 Å². The second-order valence-electron chi connectivity index (χ2n) is 2.45. The first-order valence-corrected chi connectivity index (χ1v) is 3.27. The van der Waals surface area contributed by atoms with E-state index >= 15 is 0 Å². The molecule has 0 heterocycles. The third kappa shape index (κ3) is 1.06. The summed E-state index contributed by atoms with van der Waals surface area (Å²) in [6, 6.07) is 0. The number of halogens is 1. The highest BCUT2D eigenvalue weighted by Gasteiger charge is 2.25. The summed E-state index contributed by atoms with van der Waals surface area (Å²) >= 11 is 3.53. The zero-order valence-electron chi connectivity index (χ0n) is 4.66. The topological polar surface area (TPSA) is 0 Å². The van der Waals surface area contributed by atoms with Gasteiger partial charge in [0.05, 0.1) is 0 Å². The number of alkyl halides is 1. The van der Waals surface area contributed by atoms with Crippen LogP contribution in [0.3, 0.4) is 0 Å². The molecular formula is C6H9Br. The molecule has 1 unspecified atom stereocenters. The normalized spacial score (nSPS) is 39.6. The van der Waals surface area contributed by atoms with Gasteiger partial charge in [0.25, 0.3) is 0 Å². The minimum absolute atomic E-state index is 0.344. The van der Waals surface area contributed by atoms with Gasteiger partial charge >= 0.3 is 0 Å². The minimum atomic E-state index is 0.344. The molecule has 0 bridgehead atoms. The average Bonchev–Trinajstić information content (AvgIpc) is 1.27. The summed E-state index contributed by atoms with van der Waals surface area (Å²) in [6.45, 7) is 4.34. The van der Waals surface area contributed by atoms with Gasteiger partial charge in [-0.05, 0) is 20.3 Å². The van der Waals surface area contributed by atoms with Crippen molar-refractivity contribution in [2.75, 3.05) is 0 Å². The Morgan fingerprint density at radius 1 is 1.86 bits per heavy atom. The molecule has 7 heavy (non-hydrogen) atoms. The van der Waals surface area contributed by atoms with Crippen LogP contribution in [-0.4, -0.2) is 4.32 Å². The van der Waals surface area contributed by atoms with Crippen molar-refractivity contribution < 1.29 is 0 Å². The minimum Gasteiger partial charge on any atom is -0.0807 e. The van der Waals surface area contributed by atoms with Crippen LogP contribution in [0.1, 0.15) is 20.3 Å². The molecule has 1 heteroatoms. The zero-order chi connectivity index (χ0) is 5.49. The molecular weight excluding hydrogens is 152 g/mol. The van der Waals surface area contributed by atoms with E-state index in [0.29, 0.717) is 4.32 Å². The van der Waals surface area contributed by atoms with Crippen molar-refractivity contribution in [3.8, 4) is 0 Å². The molecule has 0 aliphatic heterocycles. The second kappa shape index (κ2) is 1.35. The zero-order valence-corrected chi connectivity index (χ0v) is 6.25. The maximum Gasteiger partial charge on any atom is 0.0448 e. The molecule has 0 saturated carbocycles. The Labute approximate surface area is 52.7 Å². The molecule has 0 amide bonds. The van der Waals surface area contributed by atoms with Crippen molar-refractivity contribution in [1.29, 1.82) is 0 Å². The molecule has 40 valence electrons. The second-order valence-corrected chi connectivity index (χ2v) is 4.26. The van der Waals surface area contributed by atoms with Crippen LogP contribution in [-0.2, 0) is 0 Å². The fourth-order valence-electron chi connectivity index (χ4n) is 1.03. The van der Waals surface area contributed by atoms with Crippen molar-refractivity contribution in [2.24, 2.45) is 0 Å². The van der Waals surface area contributed by atoms with Gasteiger partial charge in [0.2, 0.25) is 0 Å². The van der Waals surface area contributed by atoms with Crippen LogP contribution in [0.25, 0.3) is 0 Å². The summed E-state index contributed by atoms with van der Waals surface area (Å²) < 4.78 is 0.344. The Morgan fingerprint density at radius 3 is 2.29 bits per heavy atom. The van der Waals surface area contributed by atoms with Gasteiger partial charge in [0.1, 0.15) is 0 Å². The van der Waals surface area contributed by atoms with Crippen molar-refractivity contribution in [1.82, 2.24) is 0 Å². The van der Waals surface area contributed by atoms with Gasteiger partial charge in [-0.15, -0.1) is 0 Å². The quantitative estimate of drug-likeness (QED) is 0.378. The lowest BCUT2D eigenvalue weighted by atomic mass is 9.89. The van der Waals surface area contributed by atoms with Crippen LogP contribution in [0, 0.1) is 0 Å². The van der Waals surface area contributed by atoms with Crippen molar-refractivity contribution >= 4 is 15.9 Å². The van der Waals surface area contributed by atoms with Gasteiger partial charge in [-0.25, -0.2) is 0 Å². The van der Waals surface area contributed by atoms with Crippen LogP contribution in [0.15, 0.2) is 11.6 Å². The Hall–Kier alpha value is 0.220. The molecule has 1 rings (SSSR count). The molecule has 1 atom stereocenters. The van der Waals surface area contributed by atoms with Gasteiger partial charge < -0.3 is 0 Å². The summed E-state index contributed by atoms with van der Waals surface area (Å²) in [7, 11) is 0. The maximum absolute atomic E-state index is 3.53. The predicted octanol–water partition coefficient (Wildman–Crippen LogP) is 2.49. The molecule has 0 aromatic rings. The van der Waals surface area contributed by atoms with E-state index in [4.69, 9.17) is 0 Å². The Kier molecular flexibility index (Phi) is 1.03. The van der Waals surface area contributed by atoms with E-state index in [2.05, 4.69) is 35.9 Å². The molecule has 0 fully saturated rings. The van der Waals surface area contributed by atoms with Crippen LogP contribution in [0.2, 0.25) is 0 Å². The first-order valence-electron chi connectivity index (χ1n) is 2.47. The van der Waals surface area contributed by atoms with Gasteiger partial charge in [0.15, 0.2) is 0 Å². The summed E-state index contributed by atoms with van der Waals surface area (Å²) in [5, 5.41) is 0. The molecule has 0 N–H and O–H groups in total. The molecule has 1 aliphatic carbocycles. The molecule has 0 aromatic carbocycles. The highest BCUT2D eigenvalue weighted by Crippen LogP contribution is 2.36. The lowest BCUT2D eigenvalue weighted by Gasteiger charge is -2.28. The molecule has 0 aromatic heterocycles. The van der Waals surface area contributed by atoms with E-state index < -0.39 is 0 Å². The van der Waals surface area contributed by atoms with E-state index in [0.717, 1.165) is 0 Å². The molecule has 0 radical (unpaired) electrons. The van der Waals surface area contributed by atoms with Gasteiger partial charge in [-0.3, -0.25) is 0 Å². The van der Waals surface area contributed by atoms with Crippen LogP contribution >= 0.6 is 15.9 Å². The highest BCUT2D eigenvalue weighted by atomic mass is 79.9. The smallest absolute Gasteiger partial charge is 0.0448 e. The highest BCUT2D eigenvalue weighted by molar-refractivity contribution is 9.10. The molecule has 0 saturated heterocycles. The molecule has 0 spiro atoms. The third-order valence-corrected chi connectivity index (χ3v) is 1.68. The summed E-state index contributed by atoms with van der Waals surface area (Å²) in [5.41, 5.74) is 1.50. The van der Waals surface area contributed by atoms with Crippen LogP contribution in [0.4, 0.5) is 0 Å².